The molecule has 0 spiro atoms. The molecule has 2 aromatic carbocycles. The molecule has 128 valence electrons. The first-order chi connectivity index (χ1) is 12.5. The van der Waals surface area contributed by atoms with Gasteiger partial charge >= 0.3 is 0 Å². The first-order valence-electron chi connectivity index (χ1n) is 8.33. The minimum atomic E-state index is -0.198. The van der Waals surface area contributed by atoms with Gasteiger partial charge in [0.05, 0.1) is 11.3 Å². The third kappa shape index (κ3) is 2.49. The summed E-state index contributed by atoms with van der Waals surface area (Å²) in [6, 6.07) is 17.0. The summed E-state index contributed by atoms with van der Waals surface area (Å²) in [7, 11) is 0. The standard InChI is InChI=1S/C22H16BrNO2/c1-13-11-15(14(2)24(13)20-10-6-5-9-19(20)23)12-18-21(25)16-7-3-4-8-17(16)22(18)26/h3-12H,1-2H3. The molecule has 0 aliphatic heterocycles. The maximum atomic E-state index is 12.6. The normalized spacial score (nSPS) is 13.3. The van der Waals surface area contributed by atoms with Gasteiger partial charge in [0.25, 0.3) is 0 Å². The maximum Gasteiger partial charge on any atom is 0.197 e. The Hall–Kier alpha value is -2.72. The highest BCUT2D eigenvalue weighted by Crippen LogP contribution is 2.31. The molecular formula is C22H16BrNO2. The molecule has 4 rings (SSSR count). The highest BCUT2D eigenvalue weighted by atomic mass is 79.9. The molecule has 0 saturated heterocycles. The summed E-state index contributed by atoms with van der Waals surface area (Å²) < 4.78 is 3.11. The molecule has 1 aromatic heterocycles. The fraction of sp³-hybridized carbons (Fsp3) is 0.0909. The van der Waals surface area contributed by atoms with Crippen molar-refractivity contribution >= 4 is 33.6 Å². The van der Waals surface area contributed by atoms with Gasteiger partial charge in [-0.05, 0) is 59.6 Å². The Bertz CT molecular complexity index is 1070. The largest absolute Gasteiger partial charge is 0.317 e. The van der Waals surface area contributed by atoms with Gasteiger partial charge in [0, 0.05) is 27.0 Å². The Kier molecular flexibility index (Phi) is 4.00. The van der Waals surface area contributed by atoms with E-state index < -0.39 is 0 Å². The molecule has 0 saturated carbocycles. The lowest BCUT2D eigenvalue weighted by molar-refractivity contribution is 0.0990. The van der Waals surface area contributed by atoms with Crippen molar-refractivity contribution in [3.63, 3.8) is 0 Å². The second kappa shape index (κ2) is 6.22. The lowest BCUT2D eigenvalue weighted by Crippen LogP contribution is -2.02. The number of carbonyl (C=O) groups is 2. The Balaban J connectivity index is 1.83. The highest BCUT2D eigenvalue weighted by molar-refractivity contribution is 9.10. The zero-order valence-electron chi connectivity index (χ0n) is 14.4. The van der Waals surface area contributed by atoms with Gasteiger partial charge in [-0.2, -0.15) is 0 Å². The first kappa shape index (κ1) is 16.7. The van der Waals surface area contributed by atoms with Crippen molar-refractivity contribution in [1.29, 1.82) is 0 Å². The van der Waals surface area contributed by atoms with Crippen LogP contribution < -0.4 is 0 Å². The zero-order valence-corrected chi connectivity index (χ0v) is 16.0. The minimum Gasteiger partial charge on any atom is -0.317 e. The number of hydrogen-bond donors (Lipinski definition) is 0. The van der Waals surface area contributed by atoms with E-state index in [1.165, 1.54) is 0 Å². The van der Waals surface area contributed by atoms with E-state index in [0.717, 1.165) is 27.1 Å². The van der Waals surface area contributed by atoms with Gasteiger partial charge in [-0.1, -0.05) is 36.4 Å². The summed E-state index contributed by atoms with van der Waals surface area (Å²) >= 11 is 3.59. The van der Waals surface area contributed by atoms with Gasteiger partial charge in [0.15, 0.2) is 11.6 Å². The van der Waals surface area contributed by atoms with E-state index in [1.807, 2.05) is 44.2 Å². The van der Waals surface area contributed by atoms with Crippen molar-refractivity contribution in [2.45, 2.75) is 13.8 Å². The number of Topliss-reactive ketones (excluding diaryl/α,β-unsaturated/α-hetero) is 2. The van der Waals surface area contributed by atoms with E-state index in [2.05, 4.69) is 20.5 Å². The van der Waals surface area contributed by atoms with Gasteiger partial charge in [0.2, 0.25) is 0 Å². The summed E-state index contributed by atoms with van der Waals surface area (Å²) in [6.45, 7) is 4.01. The number of benzene rings is 2. The quantitative estimate of drug-likeness (QED) is 0.427. The molecule has 0 fully saturated rings. The van der Waals surface area contributed by atoms with Crippen molar-refractivity contribution in [1.82, 2.24) is 4.57 Å². The number of para-hydroxylation sites is 1. The molecule has 0 N–H and O–H groups in total. The van der Waals surface area contributed by atoms with Gasteiger partial charge < -0.3 is 4.57 Å². The van der Waals surface area contributed by atoms with Crippen LogP contribution in [0, 0.1) is 13.8 Å². The van der Waals surface area contributed by atoms with Gasteiger partial charge in [-0.25, -0.2) is 0 Å². The van der Waals surface area contributed by atoms with Crippen LogP contribution in [0.1, 0.15) is 37.7 Å². The summed E-state index contributed by atoms with van der Waals surface area (Å²) in [6.07, 6.45) is 1.72. The fourth-order valence-corrected chi connectivity index (χ4v) is 3.96. The number of halogens is 1. The van der Waals surface area contributed by atoms with Crippen molar-refractivity contribution in [2.75, 3.05) is 0 Å². The van der Waals surface area contributed by atoms with E-state index in [9.17, 15) is 9.59 Å². The predicted octanol–water partition coefficient (Wildman–Crippen LogP) is 5.32. The van der Waals surface area contributed by atoms with Crippen molar-refractivity contribution in [2.24, 2.45) is 0 Å². The molecule has 3 nitrogen and oxygen atoms in total. The summed E-state index contributed by atoms with van der Waals surface area (Å²) in [5.74, 6) is -0.396. The zero-order chi connectivity index (χ0) is 18.4. The minimum absolute atomic E-state index is 0.198. The molecular weight excluding hydrogens is 390 g/mol. The maximum absolute atomic E-state index is 12.6. The number of aromatic nitrogens is 1. The Morgan fingerprint density at radius 3 is 2.08 bits per heavy atom. The molecule has 0 amide bonds. The lowest BCUT2D eigenvalue weighted by Gasteiger charge is -2.11. The summed E-state index contributed by atoms with van der Waals surface area (Å²) in [4.78, 5) is 25.3. The Morgan fingerprint density at radius 2 is 1.46 bits per heavy atom. The number of ketones is 2. The Labute approximate surface area is 160 Å². The first-order valence-corrected chi connectivity index (χ1v) is 9.12. The third-order valence-corrected chi connectivity index (χ3v) is 5.44. The fourth-order valence-electron chi connectivity index (χ4n) is 3.50. The second-order valence-corrected chi connectivity index (χ2v) is 7.23. The molecule has 26 heavy (non-hydrogen) atoms. The molecule has 0 bridgehead atoms. The van der Waals surface area contributed by atoms with Crippen LogP contribution >= 0.6 is 15.9 Å². The van der Waals surface area contributed by atoms with Crippen LogP contribution in [0.25, 0.3) is 11.8 Å². The molecule has 3 aromatic rings. The number of rotatable bonds is 2. The SMILES string of the molecule is Cc1cc(C=C2C(=O)c3ccccc3C2=O)c(C)n1-c1ccccc1Br. The number of hydrogen-bond acceptors (Lipinski definition) is 2. The van der Waals surface area contributed by atoms with Crippen molar-refractivity contribution in [3.8, 4) is 5.69 Å². The highest BCUT2D eigenvalue weighted by Gasteiger charge is 2.32. The summed E-state index contributed by atoms with van der Waals surface area (Å²) in [5, 5.41) is 0. The van der Waals surface area contributed by atoms with Gasteiger partial charge in [-0.3, -0.25) is 9.59 Å². The van der Waals surface area contributed by atoms with E-state index >= 15 is 0 Å². The molecule has 1 heterocycles. The molecule has 0 unspecified atom stereocenters. The van der Waals surface area contributed by atoms with E-state index in [-0.39, 0.29) is 17.1 Å². The predicted molar refractivity (Wildman–Crippen MR) is 106 cm³/mol. The topological polar surface area (TPSA) is 39.1 Å². The summed E-state index contributed by atoms with van der Waals surface area (Å²) in [5.41, 5.74) is 5.14. The van der Waals surface area contributed by atoms with E-state index in [4.69, 9.17) is 0 Å². The Morgan fingerprint density at radius 1 is 0.885 bits per heavy atom. The lowest BCUT2D eigenvalue weighted by atomic mass is 10.1. The second-order valence-electron chi connectivity index (χ2n) is 6.38. The third-order valence-electron chi connectivity index (χ3n) is 4.77. The molecule has 0 atom stereocenters. The monoisotopic (exact) mass is 405 g/mol. The number of carbonyl (C=O) groups excluding carboxylic acids is 2. The van der Waals surface area contributed by atoms with E-state index in [0.29, 0.717) is 11.1 Å². The van der Waals surface area contributed by atoms with E-state index in [1.54, 1.807) is 30.3 Å². The van der Waals surface area contributed by atoms with Crippen LogP contribution in [0.3, 0.4) is 0 Å². The number of allylic oxidation sites excluding steroid dienone is 1. The molecule has 4 heteroatoms. The van der Waals surface area contributed by atoms with Crippen LogP contribution in [0.4, 0.5) is 0 Å². The van der Waals surface area contributed by atoms with Crippen molar-refractivity contribution < 1.29 is 9.59 Å². The molecule has 1 aliphatic rings. The van der Waals surface area contributed by atoms with Gasteiger partial charge in [-0.15, -0.1) is 0 Å². The average molecular weight is 406 g/mol. The van der Waals surface area contributed by atoms with Crippen LogP contribution in [-0.2, 0) is 0 Å². The smallest absolute Gasteiger partial charge is 0.197 e. The van der Waals surface area contributed by atoms with Crippen LogP contribution in [-0.4, -0.2) is 16.1 Å². The number of aryl methyl sites for hydroxylation is 1. The molecule has 0 radical (unpaired) electrons. The van der Waals surface area contributed by atoms with Crippen molar-refractivity contribution in [3.05, 3.63) is 92.7 Å². The van der Waals surface area contributed by atoms with Crippen LogP contribution in [0.15, 0.2) is 64.6 Å². The number of fused-ring (bicyclic) bond motifs is 1. The van der Waals surface area contributed by atoms with Gasteiger partial charge in [0.1, 0.15) is 0 Å². The van der Waals surface area contributed by atoms with Crippen LogP contribution in [0.5, 0.6) is 0 Å². The van der Waals surface area contributed by atoms with Crippen LogP contribution in [0.2, 0.25) is 0 Å². The molecule has 1 aliphatic carbocycles. The average Bonchev–Trinajstić information content (AvgIpc) is 3.05. The number of nitrogens with zero attached hydrogens (tertiary/aromatic N) is 1.